The summed E-state index contributed by atoms with van der Waals surface area (Å²) in [5.41, 5.74) is 3.00. The van der Waals surface area contributed by atoms with E-state index in [9.17, 15) is 5.11 Å². The summed E-state index contributed by atoms with van der Waals surface area (Å²) < 4.78 is 0. The molecule has 1 aromatic carbocycles. The number of hydrogen-bond acceptors (Lipinski definition) is 3. The second kappa shape index (κ2) is 6.03. The predicted octanol–water partition coefficient (Wildman–Crippen LogP) is 3.35. The lowest BCUT2D eigenvalue weighted by molar-refractivity contribution is -0.0834. The molecule has 5 heteroatoms. The van der Waals surface area contributed by atoms with Gasteiger partial charge in [-0.1, -0.05) is 23.2 Å². The molecule has 0 heterocycles. The third-order valence-corrected chi connectivity index (χ3v) is 2.55. The maximum Gasteiger partial charge on any atom is 0.0952 e. The Labute approximate surface area is 112 Å². The van der Waals surface area contributed by atoms with E-state index in [2.05, 4.69) is 5.48 Å². The van der Waals surface area contributed by atoms with Crippen LogP contribution in [0.15, 0.2) is 18.2 Å². The monoisotopic (exact) mass is 277 g/mol. The van der Waals surface area contributed by atoms with Crippen LogP contribution in [0.1, 0.15) is 32.4 Å². The molecule has 0 radical (unpaired) electrons. The van der Waals surface area contributed by atoms with Gasteiger partial charge in [0.2, 0.25) is 0 Å². The van der Waals surface area contributed by atoms with E-state index in [1.807, 2.05) is 20.8 Å². The Morgan fingerprint density at radius 3 is 2.59 bits per heavy atom. The molecule has 0 amide bonds. The summed E-state index contributed by atoms with van der Waals surface area (Å²) in [6, 6.07) is 4.99. The molecular weight excluding hydrogens is 261 g/mol. The first kappa shape index (κ1) is 14.7. The molecule has 96 valence electrons. The van der Waals surface area contributed by atoms with E-state index in [4.69, 9.17) is 28.0 Å². The van der Waals surface area contributed by atoms with Crippen LogP contribution in [0.25, 0.3) is 0 Å². The van der Waals surface area contributed by atoms with Gasteiger partial charge in [-0.2, -0.15) is 5.48 Å². The van der Waals surface area contributed by atoms with Gasteiger partial charge in [-0.25, -0.2) is 0 Å². The van der Waals surface area contributed by atoms with Gasteiger partial charge < -0.3 is 5.11 Å². The van der Waals surface area contributed by atoms with Gasteiger partial charge in [0.15, 0.2) is 0 Å². The molecule has 0 aromatic heterocycles. The zero-order valence-electron chi connectivity index (χ0n) is 10.1. The fraction of sp³-hybridized carbons (Fsp3) is 0.500. The lowest BCUT2D eigenvalue weighted by Crippen LogP contribution is -2.32. The summed E-state index contributed by atoms with van der Waals surface area (Å²) in [5, 5.41) is 11.0. The van der Waals surface area contributed by atoms with Crippen LogP contribution in [-0.2, 0) is 4.84 Å². The molecule has 0 saturated carbocycles. The van der Waals surface area contributed by atoms with E-state index >= 15 is 0 Å². The first-order valence-corrected chi connectivity index (χ1v) is 6.09. The van der Waals surface area contributed by atoms with E-state index in [1.54, 1.807) is 18.2 Å². The van der Waals surface area contributed by atoms with E-state index < -0.39 is 6.10 Å². The highest BCUT2D eigenvalue weighted by Crippen LogP contribution is 2.26. The van der Waals surface area contributed by atoms with Gasteiger partial charge in [0.1, 0.15) is 0 Å². The zero-order chi connectivity index (χ0) is 13.1. The predicted molar refractivity (Wildman–Crippen MR) is 70.3 cm³/mol. The third kappa shape index (κ3) is 5.23. The summed E-state index contributed by atoms with van der Waals surface area (Å²) in [5.74, 6) is 0. The minimum absolute atomic E-state index is 0.247. The number of benzene rings is 1. The van der Waals surface area contributed by atoms with Gasteiger partial charge in [-0.15, -0.1) is 0 Å². The number of nitrogens with one attached hydrogen (secondary N) is 1. The Morgan fingerprint density at radius 2 is 2.00 bits per heavy atom. The lowest BCUT2D eigenvalue weighted by atomic mass is 10.1. The molecule has 2 N–H and O–H groups in total. The van der Waals surface area contributed by atoms with Gasteiger partial charge in [0.25, 0.3) is 0 Å². The topological polar surface area (TPSA) is 41.5 Å². The van der Waals surface area contributed by atoms with Crippen LogP contribution in [-0.4, -0.2) is 17.3 Å². The fourth-order valence-electron chi connectivity index (χ4n) is 1.22. The lowest BCUT2D eigenvalue weighted by Gasteiger charge is -2.21. The average Bonchev–Trinajstić information content (AvgIpc) is 2.19. The molecule has 0 aliphatic carbocycles. The van der Waals surface area contributed by atoms with Crippen molar-refractivity contribution in [2.45, 2.75) is 32.5 Å². The summed E-state index contributed by atoms with van der Waals surface area (Å²) in [6.45, 7) is 5.99. The van der Waals surface area contributed by atoms with Crippen molar-refractivity contribution in [3.05, 3.63) is 33.8 Å². The second-order valence-corrected chi connectivity index (χ2v) is 5.59. The number of halogens is 2. The van der Waals surface area contributed by atoms with Crippen LogP contribution in [0.3, 0.4) is 0 Å². The average molecular weight is 278 g/mol. The van der Waals surface area contributed by atoms with Crippen molar-refractivity contribution < 1.29 is 9.94 Å². The maximum absolute atomic E-state index is 9.94. The molecule has 1 rings (SSSR count). The van der Waals surface area contributed by atoms with Gasteiger partial charge >= 0.3 is 0 Å². The standard InChI is InChI=1S/C12H17Cl2NO2/c1-12(2,3)17-15-7-11(16)9-6-8(13)4-5-10(9)14/h4-6,11,15-16H,7H2,1-3H3. The van der Waals surface area contributed by atoms with Gasteiger partial charge in [-0.05, 0) is 39.0 Å². The number of rotatable bonds is 4. The van der Waals surface area contributed by atoms with Crippen LogP contribution in [0.2, 0.25) is 10.0 Å². The van der Waals surface area contributed by atoms with E-state index in [1.165, 1.54) is 0 Å². The van der Waals surface area contributed by atoms with Crippen molar-refractivity contribution in [2.75, 3.05) is 6.54 Å². The molecule has 3 nitrogen and oxygen atoms in total. The number of aliphatic hydroxyl groups excluding tert-OH is 1. The molecule has 0 spiro atoms. The summed E-state index contributed by atoms with van der Waals surface area (Å²) >= 11 is 11.8. The van der Waals surface area contributed by atoms with Crippen LogP contribution < -0.4 is 5.48 Å². The molecule has 1 aromatic rings. The Bertz CT molecular complexity index is 377. The molecule has 0 saturated heterocycles. The molecule has 0 fully saturated rings. The maximum atomic E-state index is 9.94. The minimum atomic E-state index is -0.761. The number of hydroxylamine groups is 1. The number of aliphatic hydroxyl groups is 1. The van der Waals surface area contributed by atoms with Crippen LogP contribution in [0.5, 0.6) is 0 Å². The Morgan fingerprint density at radius 1 is 1.35 bits per heavy atom. The van der Waals surface area contributed by atoms with Gasteiger partial charge in [0, 0.05) is 15.6 Å². The molecule has 1 atom stereocenters. The molecule has 0 aliphatic heterocycles. The summed E-state index contributed by atoms with van der Waals surface area (Å²) in [7, 11) is 0. The van der Waals surface area contributed by atoms with Crippen LogP contribution >= 0.6 is 23.2 Å². The van der Waals surface area contributed by atoms with Crippen molar-refractivity contribution >= 4 is 23.2 Å². The smallest absolute Gasteiger partial charge is 0.0952 e. The first-order valence-electron chi connectivity index (χ1n) is 5.33. The zero-order valence-corrected chi connectivity index (χ0v) is 11.6. The van der Waals surface area contributed by atoms with Gasteiger partial charge in [0.05, 0.1) is 18.2 Å². The fourth-order valence-corrected chi connectivity index (χ4v) is 1.64. The highest BCUT2D eigenvalue weighted by Gasteiger charge is 2.15. The summed E-state index contributed by atoms with van der Waals surface area (Å²) in [4.78, 5) is 5.31. The SMILES string of the molecule is CC(C)(C)ONCC(O)c1cc(Cl)ccc1Cl. The molecule has 0 aliphatic rings. The van der Waals surface area contributed by atoms with Crippen molar-refractivity contribution in [1.29, 1.82) is 0 Å². The molecular formula is C12H17Cl2NO2. The minimum Gasteiger partial charge on any atom is -0.387 e. The highest BCUT2D eigenvalue weighted by molar-refractivity contribution is 6.33. The second-order valence-electron chi connectivity index (χ2n) is 4.74. The van der Waals surface area contributed by atoms with Crippen LogP contribution in [0.4, 0.5) is 0 Å². The van der Waals surface area contributed by atoms with Crippen LogP contribution in [0, 0.1) is 0 Å². The number of hydrogen-bond donors (Lipinski definition) is 2. The van der Waals surface area contributed by atoms with Crippen molar-refractivity contribution in [3.63, 3.8) is 0 Å². The van der Waals surface area contributed by atoms with Gasteiger partial charge in [-0.3, -0.25) is 4.84 Å². The van der Waals surface area contributed by atoms with Crippen molar-refractivity contribution in [3.8, 4) is 0 Å². The Balaban J connectivity index is 2.58. The summed E-state index contributed by atoms with van der Waals surface area (Å²) in [6.07, 6.45) is -0.761. The van der Waals surface area contributed by atoms with E-state index in [0.717, 1.165) is 0 Å². The Hall–Kier alpha value is -0.320. The molecule has 17 heavy (non-hydrogen) atoms. The largest absolute Gasteiger partial charge is 0.387 e. The normalized spacial score (nSPS) is 13.8. The van der Waals surface area contributed by atoms with Crippen molar-refractivity contribution in [2.24, 2.45) is 0 Å². The third-order valence-electron chi connectivity index (χ3n) is 1.97. The molecule has 0 bridgehead atoms. The quantitative estimate of drug-likeness (QED) is 0.830. The van der Waals surface area contributed by atoms with Crippen molar-refractivity contribution in [1.82, 2.24) is 5.48 Å². The van der Waals surface area contributed by atoms with E-state index in [0.29, 0.717) is 15.6 Å². The first-order chi connectivity index (χ1) is 7.79. The molecule has 1 unspecified atom stereocenters. The Kier molecular flexibility index (Phi) is 5.22. The highest BCUT2D eigenvalue weighted by atomic mass is 35.5. The van der Waals surface area contributed by atoms with E-state index in [-0.39, 0.29) is 12.1 Å².